The quantitative estimate of drug-likeness (QED) is 0.760. The summed E-state index contributed by atoms with van der Waals surface area (Å²) in [7, 11) is 1.98. The molecule has 3 nitrogen and oxygen atoms in total. The third-order valence-corrected chi connectivity index (χ3v) is 3.06. The summed E-state index contributed by atoms with van der Waals surface area (Å²) in [6.07, 6.45) is 3.23. The Kier molecular flexibility index (Phi) is 4.79. The summed E-state index contributed by atoms with van der Waals surface area (Å²) in [5.74, 6) is 0. The molecule has 1 aromatic heterocycles. The van der Waals surface area contributed by atoms with Crippen LogP contribution in [0.4, 0.5) is 0 Å². The van der Waals surface area contributed by atoms with E-state index >= 15 is 0 Å². The average molecular weight is 246 g/mol. The van der Waals surface area contributed by atoms with Crippen LogP contribution in [0.25, 0.3) is 10.9 Å². The van der Waals surface area contributed by atoms with E-state index in [1.807, 2.05) is 7.05 Å². The van der Waals surface area contributed by atoms with Crippen LogP contribution in [0.2, 0.25) is 0 Å². The standard InChI is InChI=1S/C15H22N2O/c1-3-10-18-11-9-17-8-7-13-5-4-6-14(12-16-2)15(13)17/h4-8,16H,3,9-12H2,1-2H3. The fourth-order valence-electron chi connectivity index (χ4n) is 2.27. The van der Waals surface area contributed by atoms with E-state index in [0.29, 0.717) is 0 Å². The van der Waals surface area contributed by atoms with E-state index in [2.05, 4.69) is 47.3 Å². The summed E-state index contributed by atoms with van der Waals surface area (Å²) >= 11 is 0. The van der Waals surface area contributed by atoms with Crippen LogP contribution in [0.3, 0.4) is 0 Å². The molecule has 0 spiro atoms. The Morgan fingerprint density at radius 2 is 2.11 bits per heavy atom. The van der Waals surface area contributed by atoms with Crippen molar-refractivity contribution in [2.45, 2.75) is 26.4 Å². The molecule has 0 unspecified atom stereocenters. The fraction of sp³-hybridized carbons (Fsp3) is 0.467. The molecule has 0 aliphatic heterocycles. The molecule has 1 N–H and O–H groups in total. The highest BCUT2D eigenvalue weighted by Crippen LogP contribution is 2.20. The Labute approximate surface area is 109 Å². The second-order valence-corrected chi connectivity index (χ2v) is 4.51. The van der Waals surface area contributed by atoms with E-state index in [0.717, 1.165) is 32.7 Å². The van der Waals surface area contributed by atoms with Gasteiger partial charge in [0.25, 0.3) is 0 Å². The van der Waals surface area contributed by atoms with Crippen LogP contribution in [-0.2, 0) is 17.8 Å². The molecule has 0 amide bonds. The van der Waals surface area contributed by atoms with E-state index in [-0.39, 0.29) is 0 Å². The Balaban J connectivity index is 2.16. The number of rotatable bonds is 7. The van der Waals surface area contributed by atoms with Gasteiger partial charge in [0, 0.05) is 25.9 Å². The van der Waals surface area contributed by atoms with Gasteiger partial charge >= 0.3 is 0 Å². The molecule has 0 saturated carbocycles. The average Bonchev–Trinajstić information content (AvgIpc) is 2.80. The maximum Gasteiger partial charge on any atom is 0.0645 e. The lowest BCUT2D eigenvalue weighted by atomic mass is 10.1. The van der Waals surface area contributed by atoms with E-state index in [9.17, 15) is 0 Å². The number of nitrogens with zero attached hydrogens (tertiary/aromatic N) is 1. The van der Waals surface area contributed by atoms with Gasteiger partial charge in [-0.2, -0.15) is 0 Å². The maximum absolute atomic E-state index is 5.57. The summed E-state index contributed by atoms with van der Waals surface area (Å²) in [6.45, 7) is 5.59. The van der Waals surface area contributed by atoms with Crippen molar-refractivity contribution in [2.75, 3.05) is 20.3 Å². The van der Waals surface area contributed by atoms with Crippen LogP contribution in [0.5, 0.6) is 0 Å². The highest BCUT2D eigenvalue weighted by atomic mass is 16.5. The predicted molar refractivity (Wildman–Crippen MR) is 75.8 cm³/mol. The molecule has 0 aliphatic carbocycles. The number of aromatic nitrogens is 1. The molecule has 2 aromatic rings. The van der Waals surface area contributed by atoms with Crippen LogP contribution < -0.4 is 5.32 Å². The lowest BCUT2D eigenvalue weighted by Gasteiger charge is -2.10. The molecule has 98 valence electrons. The molecule has 0 atom stereocenters. The third-order valence-electron chi connectivity index (χ3n) is 3.06. The second kappa shape index (κ2) is 6.57. The molecule has 0 bridgehead atoms. The molecule has 3 heteroatoms. The van der Waals surface area contributed by atoms with Gasteiger partial charge in [0.15, 0.2) is 0 Å². The Morgan fingerprint density at radius 3 is 2.89 bits per heavy atom. The number of para-hydroxylation sites is 1. The predicted octanol–water partition coefficient (Wildman–Crippen LogP) is 2.79. The fourth-order valence-corrected chi connectivity index (χ4v) is 2.27. The first kappa shape index (κ1) is 13.1. The smallest absolute Gasteiger partial charge is 0.0645 e. The number of fused-ring (bicyclic) bond motifs is 1. The van der Waals surface area contributed by atoms with Crippen molar-refractivity contribution in [3.63, 3.8) is 0 Å². The van der Waals surface area contributed by atoms with Gasteiger partial charge in [-0.15, -0.1) is 0 Å². The second-order valence-electron chi connectivity index (χ2n) is 4.51. The zero-order valence-electron chi connectivity index (χ0n) is 11.3. The van der Waals surface area contributed by atoms with Gasteiger partial charge in [0.1, 0.15) is 0 Å². The SMILES string of the molecule is CCCOCCn1ccc2cccc(CNC)c21. The van der Waals surface area contributed by atoms with Gasteiger partial charge in [-0.25, -0.2) is 0 Å². The number of hydrogen-bond donors (Lipinski definition) is 1. The van der Waals surface area contributed by atoms with Crippen molar-refractivity contribution in [2.24, 2.45) is 0 Å². The largest absolute Gasteiger partial charge is 0.380 e. The van der Waals surface area contributed by atoms with Crippen LogP contribution in [0.1, 0.15) is 18.9 Å². The van der Waals surface area contributed by atoms with Crippen LogP contribution in [-0.4, -0.2) is 24.8 Å². The number of ether oxygens (including phenoxy) is 1. The third kappa shape index (κ3) is 2.92. The van der Waals surface area contributed by atoms with Crippen molar-refractivity contribution in [1.29, 1.82) is 0 Å². The summed E-state index contributed by atoms with van der Waals surface area (Å²) in [5.41, 5.74) is 2.67. The van der Waals surface area contributed by atoms with Crippen molar-refractivity contribution < 1.29 is 4.74 Å². The summed E-state index contributed by atoms with van der Waals surface area (Å²) < 4.78 is 7.86. The zero-order chi connectivity index (χ0) is 12.8. The maximum atomic E-state index is 5.57. The van der Waals surface area contributed by atoms with Crippen LogP contribution in [0.15, 0.2) is 30.5 Å². The highest BCUT2D eigenvalue weighted by molar-refractivity contribution is 5.83. The van der Waals surface area contributed by atoms with E-state index in [1.54, 1.807) is 0 Å². The van der Waals surface area contributed by atoms with Crippen molar-refractivity contribution in [1.82, 2.24) is 9.88 Å². The molecule has 0 saturated heterocycles. The Hall–Kier alpha value is -1.32. The number of hydrogen-bond acceptors (Lipinski definition) is 2. The van der Waals surface area contributed by atoms with Crippen molar-refractivity contribution >= 4 is 10.9 Å². The van der Waals surface area contributed by atoms with E-state index in [1.165, 1.54) is 16.5 Å². The molecule has 0 radical (unpaired) electrons. The first-order valence-corrected chi connectivity index (χ1v) is 6.66. The van der Waals surface area contributed by atoms with E-state index < -0.39 is 0 Å². The summed E-state index contributed by atoms with van der Waals surface area (Å²) in [4.78, 5) is 0. The normalized spacial score (nSPS) is 11.2. The summed E-state index contributed by atoms with van der Waals surface area (Å²) in [6, 6.07) is 8.64. The van der Waals surface area contributed by atoms with Gasteiger partial charge in [-0.3, -0.25) is 0 Å². The topological polar surface area (TPSA) is 26.2 Å². The van der Waals surface area contributed by atoms with Gasteiger partial charge < -0.3 is 14.6 Å². The molecule has 18 heavy (non-hydrogen) atoms. The summed E-state index contributed by atoms with van der Waals surface area (Å²) in [5, 5.41) is 4.53. The van der Waals surface area contributed by atoms with Crippen LogP contribution in [0, 0.1) is 0 Å². The minimum atomic E-state index is 0.783. The molecule has 0 fully saturated rings. The number of benzene rings is 1. The monoisotopic (exact) mass is 246 g/mol. The first-order valence-electron chi connectivity index (χ1n) is 6.66. The molecule has 1 aromatic carbocycles. The van der Waals surface area contributed by atoms with Crippen molar-refractivity contribution in [3.05, 3.63) is 36.0 Å². The first-order chi connectivity index (χ1) is 8.86. The van der Waals surface area contributed by atoms with Crippen LogP contribution >= 0.6 is 0 Å². The molecular weight excluding hydrogens is 224 g/mol. The molecular formula is C15H22N2O. The van der Waals surface area contributed by atoms with Gasteiger partial charge in [0.05, 0.1) is 12.1 Å². The Bertz CT molecular complexity index is 490. The lowest BCUT2D eigenvalue weighted by Crippen LogP contribution is -2.09. The Morgan fingerprint density at radius 1 is 1.22 bits per heavy atom. The zero-order valence-corrected chi connectivity index (χ0v) is 11.3. The van der Waals surface area contributed by atoms with Gasteiger partial charge in [-0.05, 0) is 30.5 Å². The number of nitrogens with one attached hydrogen (secondary N) is 1. The van der Waals surface area contributed by atoms with E-state index in [4.69, 9.17) is 4.74 Å². The van der Waals surface area contributed by atoms with Gasteiger partial charge in [0.2, 0.25) is 0 Å². The molecule has 0 aliphatic rings. The lowest BCUT2D eigenvalue weighted by molar-refractivity contribution is 0.127. The molecule has 1 heterocycles. The minimum Gasteiger partial charge on any atom is -0.380 e. The minimum absolute atomic E-state index is 0.783. The van der Waals surface area contributed by atoms with Gasteiger partial charge in [-0.1, -0.05) is 25.1 Å². The van der Waals surface area contributed by atoms with Crippen molar-refractivity contribution in [3.8, 4) is 0 Å². The molecule has 2 rings (SSSR count). The highest BCUT2D eigenvalue weighted by Gasteiger charge is 2.05.